The van der Waals surface area contributed by atoms with Crippen molar-refractivity contribution >= 4 is 34.4 Å². The summed E-state index contributed by atoms with van der Waals surface area (Å²) in [6.45, 7) is 13.3. The van der Waals surface area contributed by atoms with Gasteiger partial charge in [0, 0.05) is 17.6 Å². The number of alkyl carbamates (subject to hydrolysis) is 1. The molecule has 3 amide bonds. The molecule has 2 N–H and O–H groups in total. The van der Waals surface area contributed by atoms with E-state index in [9.17, 15) is 14.4 Å². The van der Waals surface area contributed by atoms with Crippen LogP contribution in [0.4, 0.5) is 10.5 Å². The first kappa shape index (κ1) is 34.2. The van der Waals surface area contributed by atoms with Crippen molar-refractivity contribution in [1.29, 1.82) is 0 Å². The summed E-state index contributed by atoms with van der Waals surface area (Å²) in [4.78, 5) is 44.1. The standard InChI is InChI=1S/C39H47N3O4/c1-8-27-19-21-30(22-20-27)34(35(43)40-32-24-23-29-17-13-14-18-31(29)26-32)42(39(6,7)9-2)36(44)33(25-28-15-11-10-12-16-28)41-37(45)46-38(3,4)5/h10-24,26,33-34H,8-9,25H2,1-7H3,(H,40,43)(H,41,45). The summed E-state index contributed by atoms with van der Waals surface area (Å²) < 4.78 is 5.58. The minimum absolute atomic E-state index is 0.225. The van der Waals surface area contributed by atoms with Gasteiger partial charge in [-0.1, -0.05) is 98.8 Å². The second-order valence-electron chi connectivity index (χ2n) is 13.3. The van der Waals surface area contributed by atoms with Crippen LogP contribution in [0.25, 0.3) is 10.8 Å². The fourth-order valence-corrected chi connectivity index (χ4v) is 5.44. The average Bonchev–Trinajstić information content (AvgIpc) is 3.02. The van der Waals surface area contributed by atoms with Gasteiger partial charge >= 0.3 is 6.09 Å². The van der Waals surface area contributed by atoms with Gasteiger partial charge in [0.05, 0.1) is 0 Å². The van der Waals surface area contributed by atoms with Gasteiger partial charge in [-0.3, -0.25) is 9.59 Å². The zero-order valence-electron chi connectivity index (χ0n) is 28.1. The highest BCUT2D eigenvalue weighted by molar-refractivity contribution is 6.00. The zero-order chi connectivity index (χ0) is 33.5. The van der Waals surface area contributed by atoms with Crippen molar-refractivity contribution in [3.05, 3.63) is 114 Å². The Morgan fingerprint density at radius 3 is 2.00 bits per heavy atom. The Morgan fingerprint density at radius 1 is 0.761 bits per heavy atom. The van der Waals surface area contributed by atoms with Crippen LogP contribution in [0, 0.1) is 0 Å². The molecule has 0 spiro atoms. The summed E-state index contributed by atoms with van der Waals surface area (Å²) in [6, 6.07) is 29.1. The van der Waals surface area contributed by atoms with Gasteiger partial charge in [0.1, 0.15) is 17.7 Å². The van der Waals surface area contributed by atoms with Gasteiger partial charge in [0.2, 0.25) is 5.91 Å². The van der Waals surface area contributed by atoms with E-state index in [1.165, 1.54) is 0 Å². The van der Waals surface area contributed by atoms with Gasteiger partial charge in [-0.2, -0.15) is 0 Å². The van der Waals surface area contributed by atoms with Crippen molar-refractivity contribution < 1.29 is 19.1 Å². The molecular formula is C39H47N3O4. The number of aryl methyl sites for hydroxylation is 1. The second-order valence-corrected chi connectivity index (χ2v) is 13.3. The molecule has 2 unspecified atom stereocenters. The maximum atomic E-state index is 14.9. The zero-order valence-corrected chi connectivity index (χ0v) is 28.1. The fourth-order valence-electron chi connectivity index (χ4n) is 5.44. The van der Waals surface area contributed by atoms with E-state index < -0.39 is 29.3 Å². The van der Waals surface area contributed by atoms with Gasteiger partial charge in [-0.05, 0) is 87.1 Å². The number of hydrogen-bond acceptors (Lipinski definition) is 4. The molecule has 0 aliphatic carbocycles. The summed E-state index contributed by atoms with van der Waals surface area (Å²) in [7, 11) is 0. The van der Waals surface area contributed by atoms with Crippen LogP contribution >= 0.6 is 0 Å². The number of amides is 3. The molecule has 0 bridgehead atoms. The number of anilines is 1. The molecule has 0 saturated heterocycles. The second kappa shape index (κ2) is 14.6. The Bertz CT molecular complexity index is 1640. The molecular weight excluding hydrogens is 574 g/mol. The number of rotatable bonds is 11. The molecule has 242 valence electrons. The summed E-state index contributed by atoms with van der Waals surface area (Å²) >= 11 is 0. The number of carbonyl (C=O) groups is 3. The van der Waals surface area contributed by atoms with E-state index in [0.717, 1.165) is 28.3 Å². The quantitative estimate of drug-likeness (QED) is 0.177. The van der Waals surface area contributed by atoms with Crippen LogP contribution in [0.5, 0.6) is 0 Å². The molecule has 2 atom stereocenters. The third kappa shape index (κ3) is 8.75. The Labute approximate surface area is 273 Å². The fraction of sp³-hybridized carbons (Fsp3) is 0.359. The van der Waals surface area contributed by atoms with Gasteiger partial charge in [-0.25, -0.2) is 4.79 Å². The number of benzene rings is 4. The van der Waals surface area contributed by atoms with Crippen LogP contribution in [-0.4, -0.2) is 40.0 Å². The van der Waals surface area contributed by atoms with Gasteiger partial charge in [0.15, 0.2) is 0 Å². The lowest BCUT2D eigenvalue weighted by atomic mass is 9.90. The third-order valence-electron chi connectivity index (χ3n) is 8.25. The third-order valence-corrected chi connectivity index (χ3v) is 8.25. The highest BCUT2D eigenvalue weighted by atomic mass is 16.6. The number of hydrogen-bond donors (Lipinski definition) is 2. The number of nitrogens with one attached hydrogen (secondary N) is 2. The van der Waals surface area contributed by atoms with Crippen LogP contribution < -0.4 is 10.6 Å². The van der Waals surface area contributed by atoms with E-state index in [1.54, 1.807) is 25.7 Å². The molecule has 0 saturated carbocycles. The highest BCUT2D eigenvalue weighted by Crippen LogP contribution is 2.34. The van der Waals surface area contributed by atoms with Crippen LogP contribution in [0.3, 0.4) is 0 Å². The Kier molecular flexibility index (Phi) is 10.9. The van der Waals surface area contributed by atoms with E-state index in [2.05, 4.69) is 17.6 Å². The number of carbonyl (C=O) groups excluding carboxylic acids is 3. The lowest BCUT2D eigenvalue weighted by molar-refractivity contribution is -0.147. The molecule has 0 aliphatic heterocycles. The molecule has 4 aromatic carbocycles. The van der Waals surface area contributed by atoms with Crippen LogP contribution in [0.15, 0.2) is 97.1 Å². The van der Waals surface area contributed by atoms with Gasteiger partial charge in [-0.15, -0.1) is 0 Å². The summed E-state index contributed by atoms with van der Waals surface area (Å²) in [5, 5.41) is 8.01. The molecule has 0 aliphatic rings. The Hall–Kier alpha value is -4.65. The normalized spacial score (nSPS) is 13.0. The first-order chi connectivity index (χ1) is 21.8. The van der Waals surface area contributed by atoms with E-state index >= 15 is 0 Å². The minimum atomic E-state index is -0.992. The number of nitrogens with zero attached hydrogens (tertiary/aromatic N) is 1. The van der Waals surface area contributed by atoms with Crippen molar-refractivity contribution in [3.63, 3.8) is 0 Å². The first-order valence-corrected chi connectivity index (χ1v) is 16.1. The molecule has 0 heterocycles. The largest absolute Gasteiger partial charge is 0.444 e. The molecule has 4 rings (SSSR count). The van der Waals surface area contributed by atoms with Crippen LogP contribution in [0.2, 0.25) is 0 Å². The van der Waals surface area contributed by atoms with Crippen molar-refractivity contribution in [3.8, 4) is 0 Å². The molecule has 7 nitrogen and oxygen atoms in total. The van der Waals surface area contributed by atoms with Crippen LogP contribution in [-0.2, 0) is 27.2 Å². The van der Waals surface area contributed by atoms with E-state index in [0.29, 0.717) is 17.7 Å². The molecule has 4 aromatic rings. The average molecular weight is 622 g/mol. The number of fused-ring (bicyclic) bond motifs is 1. The smallest absolute Gasteiger partial charge is 0.408 e. The topological polar surface area (TPSA) is 87.7 Å². The summed E-state index contributed by atoms with van der Waals surface area (Å²) in [5.41, 5.74) is 1.79. The predicted molar refractivity (Wildman–Crippen MR) is 186 cm³/mol. The van der Waals surface area contributed by atoms with Gasteiger partial charge in [0.25, 0.3) is 5.91 Å². The van der Waals surface area contributed by atoms with Crippen LogP contribution in [0.1, 0.15) is 77.6 Å². The van der Waals surface area contributed by atoms with E-state index in [1.807, 2.05) is 118 Å². The molecule has 7 heteroatoms. The minimum Gasteiger partial charge on any atom is -0.444 e. The first-order valence-electron chi connectivity index (χ1n) is 16.1. The molecule has 0 aromatic heterocycles. The lowest BCUT2D eigenvalue weighted by Gasteiger charge is -2.44. The van der Waals surface area contributed by atoms with E-state index in [-0.39, 0.29) is 18.2 Å². The van der Waals surface area contributed by atoms with E-state index in [4.69, 9.17) is 4.74 Å². The lowest BCUT2D eigenvalue weighted by Crippen LogP contribution is -2.59. The van der Waals surface area contributed by atoms with Crippen molar-refractivity contribution in [2.45, 2.75) is 91.0 Å². The predicted octanol–water partition coefficient (Wildman–Crippen LogP) is 8.24. The Balaban J connectivity index is 1.80. The maximum Gasteiger partial charge on any atom is 0.408 e. The monoisotopic (exact) mass is 621 g/mol. The SMILES string of the molecule is CCc1ccc(C(C(=O)Nc2ccc3ccccc3c2)N(C(=O)C(Cc2ccccc2)NC(=O)OC(C)(C)C)C(C)(C)CC)cc1. The highest BCUT2D eigenvalue weighted by Gasteiger charge is 2.43. The van der Waals surface area contributed by atoms with Crippen molar-refractivity contribution in [2.75, 3.05) is 5.32 Å². The molecule has 0 radical (unpaired) electrons. The Morgan fingerprint density at radius 2 is 1.39 bits per heavy atom. The van der Waals surface area contributed by atoms with Crippen molar-refractivity contribution in [1.82, 2.24) is 10.2 Å². The van der Waals surface area contributed by atoms with Crippen molar-refractivity contribution in [2.24, 2.45) is 0 Å². The number of ether oxygens (including phenoxy) is 1. The molecule has 46 heavy (non-hydrogen) atoms. The van der Waals surface area contributed by atoms with Gasteiger partial charge < -0.3 is 20.3 Å². The summed E-state index contributed by atoms with van der Waals surface area (Å²) in [6.07, 6.45) is 0.940. The maximum absolute atomic E-state index is 14.9. The summed E-state index contributed by atoms with van der Waals surface area (Å²) in [5.74, 6) is -0.718. The molecule has 0 fully saturated rings.